The monoisotopic (exact) mass is 427 g/mol. The summed E-state index contributed by atoms with van der Waals surface area (Å²) in [6, 6.07) is 3.48. The number of hydrogen-bond donors (Lipinski definition) is 1. The van der Waals surface area contributed by atoms with Crippen molar-refractivity contribution in [3.8, 4) is 0 Å². The largest absolute Gasteiger partial charge is 0.490 e. The average molecular weight is 427 g/mol. The summed E-state index contributed by atoms with van der Waals surface area (Å²) in [6.07, 6.45) is 0.738. The molecule has 9 nitrogen and oxygen atoms in total. The SMILES string of the molecule is O=C(O)C(F)(F)F.O=C(c1ccncc1)N1CCn2nnc(COCC3CC3)c2C1. The summed E-state index contributed by atoms with van der Waals surface area (Å²) in [6.45, 7) is 3.10. The van der Waals surface area contributed by atoms with E-state index in [2.05, 4.69) is 15.3 Å². The molecular formula is C18H20F3N5O4. The van der Waals surface area contributed by atoms with E-state index in [0.717, 1.165) is 23.9 Å². The van der Waals surface area contributed by atoms with Crippen LogP contribution in [0.5, 0.6) is 0 Å². The van der Waals surface area contributed by atoms with Gasteiger partial charge in [-0.1, -0.05) is 5.21 Å². The van der Waals surface area contributed by atoms with E-state index < -0.39 is 12.1 Å². The molecule has 3 heterocycles. The number of hydrogen-bond acceptors (Lipinski definition) is 6. The van der Waals surface area contributed by atoms with Crippen LogP contribution in [0.1, 0.15) is 34.6 Å². The molecule has 0 radical (unpaired) electrons. The van der Waals surface area contributed by atoms with Crippen LogP contribution < -0.4 is 0 Å². The van der Waals surface area contributed by atoms with Crippen LogP contribution in [-0.4, -0.2) is 61.2 Å². The lowest BCUT2D eigenvalue weighted by Gasteiger charge is -2.27. The maximum Gasteiger partial charge on any atom is 0.490 e. The van der Waals surface area contributed by atoms with Gasteiger partial charge >= 0.3 is 12.1 Å². The lowest BCUT2D eigenvalue weighted by Crippen LogP contribution is -2.38. The number of alkyl halides is 3. The van der Waals surface area contributed by atoms with Crippen molar-refractivity contribution in [2.24, 2.45) is 5.92 Å². The second-order valence-corrected chi connectivity index (χ2v) is 6.93. The van der Waals surface area contributed by atoms with Crippen LogP contribution in [0.2, 0.25) is 0 Å². The minimum absolute atomic E-state index is 0.0182. The maximum absolute atomic E-state index is 12.6. The van der Waals surface area contributed by atoms with Crippen LogP contribution in [0.4, 0.5) is 13.2 Å². The first-order chi connectivity index (χ1) is 14.3. The minimum atomic E-state index is -5.08. The molecule has 0 unspecified atom stereocenters. The van der Waals surface area contributed by atoms with E-state index >= 15 is 0 Å². The van der Waals surface area contributed by atoms with Gasteiger partial charge in [0.25, 0.3) is 5.91 Å². The van der Waals surface area contributed by atoms with Crippen molar-refractivity contribution in [3.05, 3.63) is 41.5 Å². The topological polar surface area (TPSA) is 110 Å². The van der Waals surface area contributed by atoms with E-state index in [0.29, 0.717) is 31.8 Å². The Bertz CT molecular complexity index is 884. The van der Waals surface area contributed by atoms with Gasteiger partial charge in [0.2, 0.25) is 0 Å². The molecule has 1 aliphatic heterocycles. The Hall–Kier alpha value is -3.02. The number of carboxylic acid groups (broad SMARTS) is 1. The fraction of sp³-hybridized carbons (Fsp3) is 0.500. The van der Waals surface area contributed by atoms with Crippen LogP contribution in [0.25, 0.3) is 0 Å². The fourth-order valence-electron chi connectivity index (χ4n) is 2.77. The summed E-state index contributed by atoms with van der Waals surface area (Å²) >= 11 is 0. The number of amides is 1. The van der Waals surface area contributed by atoms with E-state index in [1.165, 1.54) is 12.8 Å². The van der Waals surface area contributed by atoms with Gasteiger partial charge in [-0.3, -0.25) is 9.78 Å². The predicted molar refractivity (Wildman–Crippen MR) is 95.1 cm³/mol. The molecule has 4 rings (SSSR count). The minimum Gasteiger partial charge on any atom is -0.475 e. The normalized spacial score (nSPS) is 15.8. The molecule has 1 aliphatic carbocycles. The van der Waals surface area contributed by atoms with Gasteiger partial charge in [-0.25, -0.2) is 9.48 Å². The van der Waals surface area contributed by atoms with E-state index in [4.69, 9.17) is 14.6 Å². The summed E-state index contributed by atoms with van der Waals surface area (Å²) < 4.78 is 39.3. The number of fused-ring (bicyclic) bond motifs is 1. The number of rotatable bonds is 5. The van der Waals surface area contributed by atoms with E-state index in [9.17, 15) is 18.0 Å². The van der Waals surface area contributed by atoms with E-state index in [-0.39, 0.29) is 5.91 Å². The molecule has 1 saturated carbocycles. The van der Waals surface area contributed by atoms with Crippen LogP contribution in [-0.2, 0) is 29.2 Å². The molecule has 30 heavy (non-hydrogen) atoms. The van der Waals surface area contributed by atoms with Gasteiger partial charge in [0.05, 0.1) is 25.4 Å². The Kier molecular flexibility index (Phi) is 6.65. The van der Waals surface area contributed by atoms with Gasteiger partial charge in [-0.05, 0) is 30.9 Å². The van der Waals surface area contributed by atoms with Crippen LogP contribution in [0.3, 0.4) is 0 Å². The molecule has 0 atom stereocenters. The van der Waals surface area contributed by atoms with Crippen molar-refractivity contribution in [2.75, 3.05) is 13.2 Å². The highest BCUT2D eigenvalue weighted by atomic mass is 19.4. The van der Waals surface area contributed by atoms with Crippen LogP contribution in [0.15, 0.2) is 24.5 Å². The molecule has 1 fully saturated rings. The van der Waals surface area contributed by atoms with Crippen molar-refractivity contribution in [3.63, 3.8) is 0 Å². The predicted octanol–water partition coefficient (Wildman–Crippen LogP) is 1.89. The number of carbonyl (C=O) groups excluding carboxylic acids is 1. The second kappa shape index (κ2) is 9.20. The molecule has 0 aromatic carbocycles. The Balaban J connectivity index is 0.000000318. The zero-order chi connectivity index (χ0) is 21.7. The summed E-state index contributed by atoms with van der Waals surface area (Å²) in [5.41, 5.74) is 2.49. The molecule has 0 spiro atoms. The number of carboxylic acids is 1. The lowest BCUT2D eigenvalue weighted by molar-refractivity contribution is -0.192. The van der Waals surface area contributed by atoms with Gasteiger partial charge in [-0.2, -0.15) is 13.2 Å². The van der Waals surface area contributed by atoms with Gasteiger partial charge in [0.15, 0.2) is 0 Å². The Labute approximate surface area is 169 Å². The second-order valence-electron chi connectivity index (χ2n) is 6.93. The first-order valence-electron chi connectivity index (χ1n) is 9.24. The number of pyridine rings is 1. The molecule has 162 valence electrons. The molecule has 12 heteroatoms. The van der Waals surface area contributed by atoms with Gasteiger partial charge < -0.3 is 14.7 Å². The zero-order valence-electron chi connectivity index (χ0n) is 15.9. The summed E-state index contributed by atoms with van der Waals surface area (Å²) in [7, 11) is 0. The van der Waals surface area contributed by atoms with Crippen molar-refractivity contribution in [1.82, 2.24) is 24.9 Å². The van der Waals surface area contributed by atoms with Gasteiger partial charge in [0.1, 0.15) is 5.69 Å². The molecule has 2 aromatic rings. The smallest absolute Gasteiger partial charge is 0.475 e. The van der Waals surface area contributed by atoms with Crippen LogP contribution in [0, 0.1) is 5.92 Å². The third-order valence-corrected chi connectivity index (χ3v) is 4.59. The maximum atomic E-state index is 12.6. The van der Waals surface area contributed by atoms with Crippen molar-refractivity contribution < 1.29 is 32.6 Å². The highest BCUT2D eigenvalue weighted by molar-refractivity contribution is 5.94. The molecule has 0 bridgehead atoms. The molecule has 0 saturated heterocycles. The lowest BCUT2D eigenvalue weighted by atomic mass is 10.2. The average Bonchev–Trinajstić information content (AvgIpc) is 3.46. The molecule has 2 aromatic heterocycles. The third kappa shape index (κ3) is 5.75. The number of aromatic nitrogens is 4. The van der Waals surface area contributed by atoms with Crippen molar-refractivity contribution in [2.45, 2.75) is 38.7 Å². The number of carbonyl (C=O) groups is 2. The summed E-state index contributed by atoms with van der Waals surface area (Å²) in [5, 5.41) is 15.5. The van der Waals surface area contributed by atoms with Crippen molar-refractivity contribution in [1.29, 1.82) is 0 Å². The number of halogens is 3. The first-order valence-corrected chi connectivity index (χ1v) is 9.24. The molecule has 1 amide bonds. The number of nitrogens with zero attached hydrogens (tertiary/aromatic N) is 5. The summed E-state index contributed by atoms with van der Waals surface area (Å²) in [5.74, 6) is -2.01. The van der Waals surface area contributed by atoms with E-state index in [1.54, 1.807) is 24.5 Å². The van der Waals surface area contributed by atoms with E-state index in [1.807, 2.05) is 9.58 Å². The third-order valence-electron chi connectivity index (χ3n) is 4.59. The molecular weight excluding hydrogens is 407 g/mol. The van der Waals surface area contributed by atoms with Crippen molar-refractivity contribution >= 4 is 11.9 Å². The molecule has 1 N–H and O–H groups in total. The number of aliphatic carboxylic acids is 1. The Morgan fingerprint density at radius 3 is 2.47 bits per heavy atom. The zero-order valence-corrected chi connectivity index (χ0v) is 15.9. The van der Waals surface area contributed by atoms with Crippen LogP contribution >= 0.6 is 0 Å². The highest BCUT2D eigenvalue weighted by Crippen LogP contribution is 2.29. The standard InChI is InChI=1S/C16H19N5O2.C2HF3O2/c22-16(13-3-5-17-6-4-13)20-7-8-21-15(9-20)14(18-19-21)11-23-10-12-1-2-12;3-2(4,5)1(6)7/h3-6,12H,1-2,7-11H2;(H,6,7). The number of ether oxygens (including phenoxy) is 1. The summed E-state index contributed by atoms with van der Waals surface area (Å²) in [4.78, 5) is 27.3. The first kappa shape index (κ1) is 21.7. The fourth-order valence-corrected chi connectivity index (χ4v) is 2.77. The van der Waals surface area contributed by atoms with Gasteiger partial charge in [0, 0.05) is 31.1 Å². The molecule has 2 aliphatic rings. The highest BCUT2D eigenvalue weighted by Gasteiger charge is 2.38. The quantitative estimate of drug-likeness (QED) is 0.776. The van der Waals surface area contributed by atoms with Gasteiger partial charge in [-0.15, -0.1) is 5.10 Å². The Morgan fingerprint density at radius 2 is 1.87 bits per heavy atom. The Morgan fingerprint density at radius 1 is 1.20 bits per heavy atom.